The van der Waals surface area contributed by atoms with Crippen LogP contribution >= 0.6 is 15.9 Å². The van der Waals surface area contributed by atoms with E-state index in [2.05, 4.69) is 31.5 Å². The largest absolute Gasteiger partial charge is 0.396 e. The van der Waals surface area contributed by atoms with E-state index in [0.29, 0.717) is 16.8 Å². The molecule has 0 aliphatic heterocycles. The summed E-state index contributed by atoms with van der Waals surface area (Å²) in [6, 6.07) is -0.313. The minimum atomic E-state index is -0.313. The van der Waals surface area contributed by atoms with E-state index in [-0.39, 0.29) is 6.03 Å². The highest BCUT2D eigenvalue weighted by Crippen LogP contribution is 2.12. The van der Waals surface area contributed by atoms with E-state index in [1.54, 1.807) is 6.20 Å². The van der Waals surface area contributed by atoms with Gasteiger partial charge in [0.1, 0.15) is 12.3 Å². The van der Waals surface area contributed by atoms with Crippen LogP contribution in [0, 0.1) is 0 Å². The van der Waals surface area contributed by atoms with Gasteiger partial charge in [-0.3, -0.25) is 0 Å². The summed E-state index contributed by atoms with van der Waals surface area (Å²) < 4.78 is 1.85. The molecule has 0 bridgehead atoms. The smallest absolute Gasteiger partial charge is 0.341 e. The van der Waals surface area contributed by atoms with Gasteiger partial charge in [-0.2, -0.15) is 9.78 Å². The first-order chi connectivity index (χ1) is 7.19. The van der Waals surface area contributed by atoms with Gasteiger partial charge in [-0.25, -0.2) is 4.79 Å². The van der Waals surface area contributed by atoms with Crippen LogP contribution in [0.3, 0.4) is 0 Å². The van der Waals surface area contributed by atoms with Crippen LogP contribution < -0.4 is 5.32 Å². The van der Waals surface area contributed by atoms with Crippen LogP contribution in [0.1, 0.15) is 12.6 Å². The highest BCUT2D eigenvalue weighted by molar-refractivity contribution is 9.10. The van der Waals surface area contributed by atoms with Crippen LogP contribution in [0.15, 0.2) is 15.8 Å². The Bertz CT molecular complexity index is 375. The quantitative estimate of drug-likeness (QED) is 0.665. The highest BCUT2D eigenvalue weighted by atomic mass is 79.9. The molecule has 82 valence electrons. The Balaban J connectivity index is 2.82. The van der Waals surface area contributed by atoms with Gasteiger partial charge in [0.05, 0.1) is 16.9 Å². The maximum absolute atomic E-state index is 11.2. The average Bonchev–Trinajstić information content (AvgIpc) is 2.60. The van der Waals surface area contributed by atoms with Crippen molar-refractivity contribution in [3.8, 4) is 0 Å². The number of aromatic nitrogens is 2. The van der Waals surface area contributed by atoms with Crippen molar-refractivity contribution in [3.05, 3.63) is 16.4 Å². The number of rotatable bonds is 3. The van der Waals surface area contributed by atoms with Crippen molar-refractivity contribution >= 4 is 28.2 Å². The Labute approximate surface area is 95.4 Å². The Hall–Kier alpha value is -1.37. The first-order valence-corrected chi connectivity index (χ1v) is 5.11. The molecule has 1 aromatic rings. The molecule has 1 amide bonds. The second-order valence-corrected chi connectivity index (χ2v) is 3.37. The Morgan fingerprint density at radius 3 is 3.20 bits per heavy atom. The average molecular weight is 275 g/mol. The molecule has 1 aromatic heterocycles. The van der Waals surface area contributed by atoms with Crippen molar-refractivity contribution in [1.82, 2.24) is 15.1 Å². The molecular weight excluding hydrogens is 264 g/mol. The molecule has 0 aromatic carbocycles. The summed E-state index contributed by atoms with van der Waals surface area (Å²) in [6.07, 6.45) is 2.99. The summed E-state index contributed by atoms with van der Waals surface area (Å²) in [4.78, 5) is 16.0. The first kappa shape index (κ1) is 11.7. The zero-order chi connectivity index (χ0) is 11.3. The fourth-order valence-electron chi connectivity index (χ4n) is 0.834. The number of nitrogens with zero attached hydrogens (tertiary/aromatic N) is 3. The van der Waals surface area contributed by atoms with E-state index in [0.717, 1.165) is 0 Å². The molecule has 0 spiro atoms. The lowest BCUT2D eigenvalue weighted by Crippen LogP contribution is -2.24. The summed E-state index contributed by atoms with van der Waals surface area (Å²) in [7, 11) is 1.53. The third-order valence-corrected chi connectivity index (χ3v) is 2.11. The lowest BCUT2D eigenvalue weighted by molar-refractivity contribution is 0.160. The van der Waals surface area contributed by atoms with E-state index in [1.165, 1.54) is 17.9 Å². The van der Waals surface area contributed by atoms with Gasteiger partial charge < -0.3 is 10.2 Å². The number of amides is 1. The number of hydrogen-bond acceptors (Lipinski definition) is 4. The molecule has 0 radical (unpaired) electrons. The Morgan fingerprint density at radius 1 is 1.87 bits per heavy atom. The monoisotopic (exact) mass is 274 g/mol. The van der Waals surface area contributed by atoms with Crippen molar-refractivity contribution in [2.75, 3.05) is 13.7 Å². The molecule has 0 saturated heterocycles. The van der Waals surface area contributed by atoms with Gasteiger partial charge in [-0.05, 0) is 22.9 Å². The third-order valence-electron chi connectivity index (χ3n) is 1.50. The molecule has 1 N–H and O–H groups in total. The maximum Gasteiger partial charge on any atom is 0.341 e. The number of halogens is 1. The molecule has 0 unspecified atom stereocenters. The van der Waals surface area contributed by atoms with Crippen molar-refractivity contribution in [2.45, 2.75) is 6.92 Å². The molecule has 0 aliphatic rings. The van der Waals surface area contributed by atoms with Gasteiger partial charge in [-0.15, -0.1) is 0 Å². The van der Waals surface area contributed by atoms with E-state index in [1.807, 2.05) is 6.92 Å². The highest BCUT2D eigenvalue weighted by Gasteiger charge is 2.08. The van der Waals surface area contributed by atoms with Crippen molar-refractivity contribution < 1.29 is 9.63 Å². The van der Waals surface area contributed by atoms with Crippen LogP contribution in [0.4, 0.5) is 4.79 Å². The number of carbonyl (C=O) groups excluding carboxylic acids is 1. The Kier molecular flexibility index (Phi) is 4.29. The van der Waals surface area contributed by atoms with Crippen LogP contribution in [0.5, 0.6) is 0 Å². The molecule has 0 saturated carbocycles. The minimum absolute atomic E-state index is 0.313. The van der Waals surface area contributed by atoms with Crippen LogP contribution in [-0.2, 0) is 4.84 Å². The first-order valence-electron chi connectivity index (χ1n) is 4.31. The van der Waals surface area contributed by atoms with E-state index >= 15 is 0 Å². The zero-order valence-corrected chi connectivity index (χ0v) is 9.98. The molecule has 0 atom stereocenters. The zero-order valence-electron chi connectivity index (χ0n) is 8.40. The lowest BCUT2D eigenvalue weighted by Gasteiger charge is -1.95. The molecule has 6 nitrogen and oxygen atoms in total. The SMILES string of the molecule is CCO/N=C/c1nn(C(=O)NC)cc1Br. The number of hydrogen-bond donors (Lipinski definition) is 1. The van der Waals surface area contributed by atoms with E-state index in [9.17, 15) is 4.79 Å². The van der Waals surface area contributed by atoms with Gasteiger partial charge in [0.2, 0.25) is 0 Å². The summed E-state index contributed by atoms with van der Waals surface area (Å²) in [6.45, 7) is 2.32. The Morgan fingerprint density at radius 2 is 2.60 bits per heavy atom. The molecule has 0 aliphatic carbocycles. The normalized spacial score (nSPS) is 10.6. The molecule has 1 rings (SSSR count). The van der Waals surface area contributed by atoms with Gasteiger partial charge >= 0.3 is 6.03 Å². The summed E-state index contributed by atoms with van der Waals surface area (Å²) >= 11 is 3.26. The molecule has 1 heterocycles. The molecular formula is C8H11BrN4O2. The number of nitrogens with one attached hydrogen (secondary N) is 1. The van der Waals surface area contributed by atoms with Crippen molar-refractivity contribution in [1.29, 1.82) is 0 Å². The van der Waals surface area contributed by atoms with Crippen LogP contribution in [0.2, 0.25) is 0 Å². The fraction of sp³-hybridized carbons (Fsp3) is 0.375. The molecule has 7 heteroatoms. The van der Waals surface area contributed by atoms with Gasteiger partial charge in [0, 0.05) is 7.05 Å². The van der Waals surface area contributed by atoms with Crippen molar-refractivity contribution in [3.63, 3.8) is 0 Å². The predicted molar refractivity (Wildman–Crippen MR) is 59.0 cm³/mol. The summed E-state index contributed by atoms with van der Waals surface area (Å²) in [5.41, 5.74) is 0.534. The molecule has 15 heavy (non-hydrogen) atoms. The predicted octanol–water partition coefficient (Wildman–Crippen LogP) is 1.20. The number of carbonyl (C=O) groups is 1. The fourth-order valence-corrected chi connectivity index (χ4v) is 1.21. The van der Waals surface area contributed by atoms with Gasteiger partial charge in [-0.1, -0.05) is 5.16 Å². The molecule has 0 fully saturated rings. The van der Waals surface area contributed by atoms with Gasteiger partial charge in [0.15, 0.2) is 0 Å². The van der Waals surface area contributed by atoms with E-state index in [4.69, 9.17) is 4.84 Å². The standard InChI is InChI=1S/C8H11BrN4O2/c1-3-15-11-4-7-6(9)5-13(12-7)8(14)10-2/h4-5H,3H2,1-2H3,(H,10,14)/b11-4+. The minimum Gasteiger partial charge on any atom is -0.396 e. The van der Waals surface area contributed by atoms with E-state index < -0.39 is 0 Å². The topological polar surface area (TPSA) is 68.5 Å². The van der Waals surface area contributed by atoms with Crippen molar-refractivity contribution in [2.24, 2.45) is 5.16 Å². The lowest BCUT2D eigenvalue weighted by atomic mass is 10.5. The van der Waals surface area contributed by atoms with Crippen LogP contribution in [0.25, 0.3) is 0 Å². The maximum atomic E-state index is 11.2. The van der Waals surface area contributed by atoms with Crippen LogP contribution in [-0.4, -0.2) is 35.7 Å². The second-order valence-electron chi connectivity index (χ2n) is 2.51. The number of oxime groups is 1. The summed E-state index contributed by atoms with van der Waals surface area (Å²) in [5, 5.41) is 10.1. The van der Waals surface area contributed by atoms with Gasteiger partial charge in [0.25, 0.3) is 0 Å². The second kappa shape index (κ2) is 5.50. The summed E-state index contributed by atoms with van der Waals surface area (Å²) in [5.74, 6) is 0. The third kappa shape index (κ3) is 3.05.